The van der Waals surface area contributed by atoms with Crippen LogP contribution in [0.15, 0.2) is 78.9 Å². The van der Waals surface area contributed by atoms with Crippen molar-refractivity contribution in [2.24, 2.45) is 0 Å². The van der Waals surface area contributed by atoms with E-state index >= 15 is 0 Å². The summed E-state index contributed by atoms with van der Waals surface area (Å²) in [6.45, 7) is 2.97. The average Bonchev–Trinajstić information content (AvgIpc) is 3.04. The molecule has 7 heteroatoms. The number of nitrogens with zero attached hydrogens (tertiary/aromatic N) is 1. The van der Waals surface area contributed by atoms with Gasteiger partial charge < -0.3 is 10.6 Å². The second-order valence-electron chi connectivity index (χ2n) is 8.23. The van der Waals surface area contributed by atoms with Gasteiger partial charge in [-0.1, -0.05) is 66.7 Å². The number of amides is 4. The maximum absolute atomic E-state index is 13.3. The second-order valence-corrected chi connectivity index (χ2v) is 8.23. The molecule has 0 radical (unpaired) electrons. The fourth-order valence-corrected chi connectivity index (χ4v) is 3.93. The van der Waals surface area contributed by atoms with Crippen molar-refractivity contribution in [1.82, 2.24) is 15.5 Å². The number of carbonyl (C=O) groups excluding carboxylic acids is 3. The average molecular weight is 445 g/mol. The van der Waals surface area contributed by atoms with E-state index in [9.17, 15) is 18.8 Å². The van der Waals surface area contributed by atoms with Gasteiger partial charge in [-0.25, -0.2) is 9.18 Å². The first-order valence-corrected chi connectivity index (χ1v) is 10.6. The summed E-state index contributed by atoms with van der Waals surface area (Å²) < 4.78 is 13.3. The van der Waals surface area contributed by atoms with E-state index < -0.39 is 35.7 Å². The zero-order chi connectivity index (χ0) is 23.6. The Hall–Kier alpha value is -4.00. The van der Waals surface area contributed by atoms with Crippen molar-refractivity contribution in [3.63, 3.8) is 0 Å². The summed E-state index contributed by atoms with van der Waals surface area (Å²) >= 11 is 0. The predicted molar refractivity (Wildman–Crippen MR) is 122 cm³/mol. The molecular weight excluding hydrogens is 421 g/mol. The van der Waals surface area contributed by atoms with Gasteiger partial charge in [0.1, 0.15) is 17.9 Å². The molecule has 1 heterocycles. The van der Waals surface area contributed by atoms with Gasteiger partial charge in [0.25, 0.3) is 5.91 Å². The minimum absolute atomic E-state index is 0.313. The monoisotopic (exact) mass is 445 g/mol. The number of benzene rings is 3. The molecule has 3 aromatic carbocycles. The Labute approximate surface area is 191 Å². The van der Waals surface area contributed by atoms with Crippen LogP contribution in [0, 0.1) is 5.82 Å². The van der Waals surface area contributed by atoms with Gasteiger partial charge in [0, 0.05) is 0 Å². The topological polar surface area (TPSA) is 78.5 Å². The molecule has 2 atom stereocenters. The molecule has 6 nitrogen and oxygen atoms in total. The summed E-state index contributed by atoms with van der Waals surface area (Å²) in [5, 5.41) is 5.45. The number of urea groups is 1. The quantitative estimate of drug-likeness (QED) is 0.560. The molecule has 0 aromatic heterocycles. The van der Waals surface area contributed by atoms with Crippen LogP contribution in [0.5, 0.6) is 0 Å². The van der Waals surface area contributed by atoms with Gasteiger partial charge in [0.05, 0.1) is 6.04 Å². The van der Waals surface area contributed by atoms with Gasteiger partial charge in [-0.2, -0.15) is 0 Å². The van der Waals surface area contributed by atoms with Crippen molar-refractivity contribution in [2.45, 2.75) is 25.4 Å². The molecule has 4 amide bonds. The van der Waals surface area contributed by atoms with Crippen LogP contribution in [0.2, 0.25) is 0 Å². The van der Waals surface area contributed by atoms with Crippen LogP contribution in [-0.4, -0.2) is 29.3 Å². The Morgan fingerprint density at radius 3 is 2.21 bits per heavy atom. The molecule has 0 bridgehead atoms. The molecule has 4 rings (SSSR count). The van der Waals surface area contributed by atoms with E-state index in [4.69, 9.17) is 0 Å². The van der Waals surface area contributed by atoms with Gasteiger partial charge in [-0.15, -0.1) is 0 Å². The summed E-state index contributed by atoms with van der Waals surface area (Å²) in [6.07, 6.45) is 0. The Morgan fingerprint density at radius 1 is 0.970 bits per heavy atom. The van der Waals surface area contributed by atoms with Crippen molar-refractivity contribution in [3.05, 3.63) is 95.8 Å². The van der Waals surface area contributed by atoms with Crippen molar-refractivity contribution in [2.75, 3.05) is 6.54 Å². The number of rotatable bonds is 6. The standard InChI is InChI=1S/C26H24FN3O3/c1-17(18-8-10-20(11-9-18)19-6-4-3-5-7-19)28-23(31)16-30-24(32)26(2,29-25(30)33)21-12-14-22(27)15-13-21/h3-15,17H,16H2,1-2H3,(H,28,31)(H,29,33)/t17-,26+/m0/s1. The molecule has 0 saturated carbocycles. The third-order valence-corrected chi connectivity index (χ3v) is 5.89. The van der Waals surface area contributed by atoms with Crippen LogP contribution < -0.4 is 10.6 Å². The van der Waals surface area contributed by atoms with Crippen LogP contribution in [0.1, 0.15) is 31.0 Å². The first-order valence-electron chi connectivity index (χ1n) is 10.6. The molecular formula is C26H24FN3O3. The molecule has 1 aliphatic rings. The van der Waals surface area contributed by atoms with Crippen LogP contribution in [0.25, 0.3) is 11.1 Å². The fourth-order valence-electron chi connectivity index (χ4n) is 3.93. The third-order valence-electron chi connectivity index (χ3n) is 5.89. The highest BCUT2D eigenvalue weighted by Gasteiger charge is 2.49. The van der Waals surface area contributed by atoms with Gasteiger partial charge in [0.2, 0.25) is 5.91 Å². The SMILES string of the molecule is C[C@H](NC(=O)CN1C(=O)N[C@](C)(c2ccc(F)cc2)C1=O)c1ccc(-c2ccccc2)cc1. The van der Waals surface area contributed by atoms with Gasteiger partial charge in [0.15, 0.2) is 0 Å². The Kier molecular flexibility index (Phi) is 5.96. The van der Waals surface area contributed by atoms with E-state index in [0.717, 1.165) is 21.6 Å². The zero-order valence-corrected chi connectivity index (χ0v) is 18.3. The van der Waals surface area contributed by atoms with E-state index in [1.165, 1.54) is 31.2 Å². The summed E-state index contributed by atoms with van der Waals surface area (Å²) in [5.74, 6) is -1.46. The van der Waals surface area contributed by atoms with Crippen LogP contribution in [0.4, 0.5) is 9.18 Å². The maximum atomic E-state index is 13.3. The number of hydrogen-bond donors (Lipinski definition) is 2. The molecule has 0 spiro atoms. The van der Waals surface area contributed by atoms with Crippen LogP contribution in [0.3, 0.4) is 0 Å². The van der Waals surface area contributed by atoms with E-state index in [0.29, 0.717) is 5.56 Å². The van der Waals surface area contributed by atoms with E-state index in [1.807, 2.05) is 61.5 Å². The largest absolute Gasteiger partial charge is 0.348 e. The molecule has 168 valence electrons. The molecule has 1 saturated heterocycles. The highest BCUT2D eigenvalue weighted by Crippen LogP contribution is 2.29. The normalized spacial score (nSPS) is 18.7. The lowest BCUT2D eigenvalue weighted by atomic mass is 9.92. The molecule has 1 aliphatic heterocycles. The van der Waals surface area contributed by atoms with E-state index in [-0.39, 0.29) is 6.04 Å². The van der Waals surface area contributed by atoms with Crippen molar-refractivity contribution in [3.8, 4) is 11.1 Å². The van der Waals surface area contributed by atoms with Crippen molar-refractivity contribution in [1.29, 1.82) is 0 Å². The van der Waals surface area contributed by atoms with Crippen molar-refractivity contribution >= 4 is 17.8 Å². The molecule has 2 N–H and O–H groups in total. The summed E-state index contributed by atoms with van der Waals surface area (Å²) in [7, 11) is 0. The lowest BCUT2D eigenvalue weighted by Crippen LogP contribution is -2.43. The minimum Gasteiger partial charge on any atom is -0.348 e. The molecule has 0 aliphatic carbocycles. The maximum Gasteiger partial charge on any atom is 0.325 e. The Bertz CT molecular complexity index is 1180. The number of hydrogen-bond acceptors (Lipinski definition) is 3. The summed E-state index contributed by atoms with van der Waals surface area (Å²) in [5.41, 5.74) is 2.15. The van der Waals surface area contributed by atoms with Crippen molar-refractivity contribution < 1.29 is 18.8 Å². The first-order chi connectivity index (χ1) is 15.8. The number of nitrogens with one attached hydrogen (secondary N) is 2. The number of halogens is 1. The highest BCUT2D eigenvalue weighted by molar-refractivity contribution is 6.09. The lowest BCUT2D eigenvalue weighted by molar-refractivity contribution is -0.135. The van der Waals surface area contributed by atoms with E-state index in [1.54, 1.807) is 0 Å². The number of carbonyl (C=O) groups is 3. The van der Waals surface area contributed by atoms with E-state index in [2.05, 4.69) is 10.6 Å². The number of imide groups is 1. The molecule has 33 heavy (non-hydrogen) atoms. The van der Waals surface area contributed by atoms with Gasteiger partial charge >= 0.3 is 6.03 Å². The van der Waals surface area contributed by atoms with Crippen LogP contribution >= 0.6 is 0 Å². The van der Waals surface area contributed by atoms with Gasteiger partial charge in [-0.05, 0) is 48.2 Å². The Balaban J connectivity index is 1.40. The minimum atomic E-state index is -1.36. The first kappa shape index (κ1) is 22.2. The van der Waals surface area contributed by atoms with Gasteiger partial charge in [-0.3, -0.25) is 14.5 Å². The second kappa shape index (κ2) is 8.86. The molecule has 1 fully saturated rings. The fraction of sp³-hybridized carbons (Fsp3) is 0.192. The molecule has 0 unspecified atom stereocenters. The Morgan fingerprint density at radius 2 is 1.58 bits per heavy atom. The third kappa shape index (κ3) is 4.48. The summed E-state index contributed by atoms with van der Waals surface area (Å²) in [4.78, 5) is 38.9. The smallest absolute Gasteiger partial charge is 0.325 e. The zero-order valence-electron chi connectivity index (χ0n) is 18.3. The lowest BCUT2D eigenvalue weighted by Gasteiger charge is -2.22. The van der Waals surface area contributed by atoms with Crippen LogP contribution in [-0.2, 0) is 15.1 Å². The highest BCUT2D eigenvalue weighted by atomic mass is 19.1. The summed E-state index contributed by atoms with van der Waals surface area (Å²) in [6, 6.07) is 22.2. The predicted octanol–water partition coefficient (Wildman–Crippen LogP) is 4.14. The molecule has 3 aromatic rings.